The van der Waals surface area contributed by atoms with Crippen LogP contribution < -0.4 is 10.7 Å². The summed E-state index contributed by atoms with van der Waals surface area (Å²) in [5.74, 6) is 0. The average molecular weight is 404 g/mol. The Labute approximate surface area is 183 Å². The molecule has 32 heavy (non-hydrogen) atoms. The SMILES string of the molecule is c1ccc2c(c1)N=c1c-2c2ccccc2c2c3c(ccc12)-c1c(ccc2ccccc12)N=3. The van der Waals surface area contributed by atoms with Crippen LogP contribution in [0.5, 0.6) is 0 Å². The number of nitrogens with zero attached hydrogens (tertiary/aromatic N) is 2. The quantitative estimate of drug-likeness (QED) is 0.243. The molecule has 146 valence electrons. The first-order valence-electron chi connectivity index (χ1n) is 10.9. The van der Waals surface area contributed by atoms with Crippen molar-refractivity contribution in [3.05, 3.63) is 108 Å². The first kappa shape index (κ1) is 16.4. The van der Waals surface area contributed by atoms with E-state index in [1.165, 1.54) is 54.6 Å². The van der Waals surface area contributed by atoms with E-state index in [9.17, 15) is 0 Å². The molecule has 0 amide bonds. The van der Waals surface area contributed by atoms with Crippen LogP contribution in [-0.2, 0) is 0 Å². The van der Waals surface area contributed by atoms with E-state index in [4.69, 9.17) is 9.98 Å². The molecule has 2 heteroatoms. The number of fused-ring (bicyclic) bond motifs is 14. The Morgan fingerprint density at radius 1 is 0.406 bits per heavy atom. The Hall–Kier alpha value is -4.30. The van der Waals surface area contributed by atoms with Crippen LogP contribution in [0.4, 0.5) is 11.4 Å². The lowest BCUT2D eigenvalue weighted by Crippen LogP contribution is -2.12. The lowest BCUT2D eigenvalue weighted by atomic mass is 9.90. The number of rotatable bonds is 0. The summed E-state index contributed by atoms with van der Waals surface area (Å²) in [7, 11) is 0. The van der Waals surface area contributed by atoms with Crippen LogP contribution >= 0.6 is 0 Å². The van der Waals surface area contributed by atoms with Crippen molar-refractivity contribution in [1.29, 1.82) is 0 Å². The van der Waals surface area contributed by atoms with E-state index in [0.717, 1.165) is 22.1 Å². The fraction of sp³-hybridized carbons (Fsp3) is 0. The summed E-state index contributed by atoms with van der Waals surface area (Å²) in [6.07, 6.45) is 0. The minimum atomic E-state index is 1.05. The largest absolute Gasteiger partial charge is 0.247 e. The third-order valence-corrected chi connectivity index (χ3v) is 6.95. The van der Waals surface area contributed by atoms with E-state index in [1.807, 2.05) is 0 Å². The molecule has 0 unspecified atom stereocenters. The molecule has 0 atom stereocenters. The standard InChI is InChI=1S/C30H16N2/c1-2-8-18-17(7-1)13-16-25-26(18)22-14-15-23-28(29(22)32-25)20-10-4-3-9-19(20)27-21-11-5-6-12-24(21)31-30(23)27/h1-16H. The van der Waals surface area contributed by atoms with Crippen LogP contribution in [0.1, 0.15) is 0 Å². The lowest BCUT2D eigenvalue weighted by Gasteiger charge is -2.10. The summed E-state index contributed by atoms with van der Waals surface area (Å²) in [4.78, 5) is 10.3. The van der Waals surface area contributed by atoms with Gasteiger partial charge in [-0.3, -0.25) is 0 Å². The van der Waals surface area contributed by atoms with Gasteiger partial charge in [0.05, 0.1) is 22.1 Å². The smallest absolute Gasteiger partial charge is 0.0801 e. The number of para-hydroxylation sites is 1. The molecule has 0 N–H and O–H groups in total. The maximum atomic E-state index is 5.18. The van der Waals surface area contributed by atoms with E-state index in [0.29, 0.717) is 0 Å². The van der Waals surface area contributed by atoms with Crippen LogP contribution in [0.25, 0.3) is 54.6 Å². The van der Waals surface area contributed by atoms with E-state index in [-0.39, 0.29) is 0 Å². The molecular formula is C30H16N2. The highest BCUT2D eigenvalue weighted by atomic mass is 14.8. The molecule has 0 aromatic heterocycles. The summed E-state index contributed by atoms with van der Waals surface area (Å²) >= 11 is 0. The fourth-order valence-electron chi connectivity index (χ4n) is 5.61. The first-order valence-corrected chi connectivity index (χ1v) is 10.9. The van der Waals surface area contributed by atoms with Gasteiger partial charge in [0.25, 0.3) is 0 Å². The summed E-state index contributed by atoms with van der Waals surface area (Å²) in [6.45, 7) is 0. The normalized spacial score (nSPS) is 12.9. The second kappa shape index (κ2) is 5.68. The second-order valence-corrected chi connectivity index (χ2v) is 8.58. The summed E-state index contributed by atoms with van der Waals surface area (Å²) in [6, 6.07) is 34.6. The lowest BCUT2D eigenvalue weighted by molar-refractivity contribution is 1.43. The van der Waals surface area contributed by atoms with Gasteiger partial charge in [-0.1, -0.05) is 84.9 Å². The monoisotopic (exact) mass is 404 g/mol. The highest BCUT2D eigenvalue weighted by molar-refractivity contribution is 6.17. The number of hydrogen-bond donors (Lipinski definition) is 0. The average Bonchev–Trinajstić information content (AvgIpc) is 3.43. The number of benzene rings is 6. The van der Waals surface area contributed by atoms with E-state index < -0.39 is 0 Å². The Bertz CT molecular complexity index is 1930. The Morgan fingerprint density at radius 3 is 2.09 bits per heavy atom. The van der Waals surface area contributed by atoms with Crippen LogP contribution in [0.15, 0.2) is 107 Å². The summed E-state index contributed by atoms with van der Waals surface area (Å²) < 4.78 is 0. The third kappa shape index (κ3) is 1.91. The predicted octanol–water partition coefficient (Wildman–Crippen LogP) is 7.01. The molecule has 0 fully saturated rings. The highest BCUT2D eigenvalue weighted by Gasteiger charge is 2.24. The van der Waals surface area contributed by atoms with E-state index in [1.54, 1.807) is 0 Å². The molecule has 0 radical (unpaired) electrons. The van der Waals surface area contributed by atoms with Crippen LogP contribution in [0, 0.1) is 0 Å². The number of hydrogen-bond acceptors (Lipinski definition) is 2. The van der Waals surface area contributed by atoms with Gasteiger partial charge in [0.15, 0.2) is 0 Å². The molecule has 2 aliphatic heterocycles. The molecule has 2 heterocycles. The molecule has 8 rings (SSSR count). The van der Waals surface area contributed by atoms with Gasteiger partial charge in [-0.2, -0.15) is 0 Å². The van der Waals surface area contributed by atoms with Gasteiger partial charge < -0.3 is 0 Å². The van der Waals surface area contributed by atoms with Crippen LogP contribution in [0.3, 0.4) is 0 Å². The molecule has 6 aromatic rings. The van der Waals surface area contributed by atoms with Gasteiger partial charge in [-0.05, 0) is 33.7 Å². The van der Waals surface area contributed by atoms with Gasteiger partial charge >= 0.3 is 0 Å². The van der Waals surface area contributed by atoms with Crippen molar-refractivity contribution in [3.63, 3.8) is 0 Å². The topological polar surface area (TPSA) is 24.7 Å². The van der Waals surface area contributed by atoms with Gasteiger partial charge in [0, 0.05) is 33.0 Å². The highest BCUT2D eigenvalue weighted by Crippen LogP contribution is 2.43. The predicted molar refractivity (Wildman–Crippen MR) is 131 cm³/mol. The Balaban J connectivity index is 1.61. The molecule has 0 saturated heterocycles. The zero-order valence-corrected chi connectivity index (χ0v) is 17.1. The third-order valence-electron chi connectivity index (χ3n) is 6.95. The molecule has 0 bridgehead atoms. The van der Waals surface area contributed by atoms with Crippen molar-refractivity contribution in [2.75, 3.05) is 0 Å². The van der Waals surface area contributed by atoms with Crippen LogP contribution in [0.2, 0.25) is 0 Å². The molecule has 0 aliphatic carbocycles. The van der Waals surface area contributed by atoms with Crippen molar-refractivity contribution in [2.45, 2.75) is 0 Å². The van der Waals surface area contributed by atoms with Gasteiger partial charge in [0.2, 0.25) is 0 Å². The van der Waals surface area contributed by atoms with Gasteiger partial charge in [0.1, 0.15) is 0 Å². The minimum Gasteiger partial charge on any atom is -0.247 e. The first-order chi connectivity index (χ1) is 15.9. The van der Waals surface area contributed by atoms with E-state index >= 15 is 0 Å². The molecule has 2 nitrogen and oxygen atoms in total. The maximum Gasteiger partial charge on any atom is 0.0801 e. The fourth-order valence-corrected chi connectivity index (χ4v) is 5.61. The van der Waals surface area contributed by atoms with Crippen molar-refractivity contribution in [1.82, 2.24) is 0 Å². The van der Waals surface area contributed by atoms with Crippen molar-refractivity contribution in [3.8, 4) is 22.3 Å². The van der Waals surface area contributed by atoms with Crippen molar-refractivity contribution < 1.29 is 0 Å². The second-order valence-electron chi connectivity index (χ2n) is 8.58. The van der Waals surface area contributed by atoms with E-state index in [2.05, 4.69) is 97.1 Å². The Morgan fingerprint density at radius 2 is 1.16 bits per heavy atom. The van der Waals surface area contributed by atoms with Gasteiger partial charge in [-0.25, -0.2) is 9.98 Å². The molecule has 0 spiro atoms. The molecule has 6 aromatic carbocycles. The van der Waals surface area contributed by atoms with Crippen molar-refractivity contribution >= 4 is 43.7 Å². The van der Waals surface area contributed by atoms with Crippen molar-refractivity contribution in [2.24, 2.45) is 9.98 Å². The molecular weight excluding hydrogens is 388 g/mol. The Kier molecular flexibility index (Phi) is 2.91. The maximum absolute atomic E-state index is 5.18. The van der Waals surface area contributed by atoms with Crippen LogP contribution in [-0.4, -0.2) is 0 Å². The minimum absolute atomic E-state index is 1.05. The zero-order chi connectivity index (χ0) is 20.8. The summed E-state index contributed by atoms with van der Waals surface area (Å²) in [5, 5.41) is 9.51. The summed E-state index contributed by atoms with van der Waals surface area (Å²) in [5.41, 5.74) is 7.01. The molecule has 2 aliphatic rings. The molecule has 0 saturated carbocycles. The zero-order valence-electron chi connectivity index (χ0n) is 17.1. The van der Waals surface area contributed by atoms with Gasteiger partial charge in [-0.15, -0.1) is 0 Å².